The molecule has 0 unspecified atom stereocenters. The van der Waals surface area contributed by atoms with E-state index in [1.54, 1.807) is 13.2 Å². The molecule has 7 nitrogen and oxygen atoms in total. The van der Waals surface area contributed by atoms with Crippen LogP contribution in [0.4, 0.5) is 0 Å². The SMILES string of the molecule is COC(=O)[C@H](Cc1ccccc1)NC(=O)Cc1c(C)c2cc3c(C)coc3c(C)c2oc1=O. The quantitative estimate of drug-likeness (QED) is 0.355. The van der Waals surface area contributed by atoms with Crippen molar-refractivity contribution in [1.29, 1.82) is 0 Å². The molecule has 0 aliphatic rings. The topological polar surface area (TPSA) is 98.8 Å². The van der Waals surface area contributed by atoms with Crippen LogP contribution >= 0.6 is 0 Å². The third-order valence-corrected chi connectivity index (χ3v) is 5.98. The van der Waals surface area contributed by atoms with E-state index in [0.29, 0.717) is 16.7 Å². The van der Waals surface area contributed by atoms with Crippen molar-refractivity contribution in [2.24, 2.45) is 0 Å². The minimum Gasteiger partial charge on any atom is -0.467 e. The second-order valence-electron chi connectivity index (χ2n) is 8.18. The Balaban J connectivity index is 1.65. The van der Waals surface area contributed by atoms with Gasteiger partial charge < -0.3 is 18.9 Å². The predicted octanol–water partition coefficient (Wildman–Crippen LogP) is 3.91. The summed E-state index contributed by atoms with van der Waals surface area (Å²) in [6.07, 6.45) is 1.73. The minimum atomic E-state index is -0.867. The van der Waals surface area contributed by atoms with Crippen LogP contribution in [0.15, 0.2) is 56.3 Å². The second-order valence-corrected chi connectivity index (χ2v) is 8.18. The molecule has 2 aromatic heterocycles. The number of esters is 1. The number of hydrogen-bond donors (Lipinski definition) is 1. The highest BCUT2D eigenvalue weighted by Crippen LogP contribution is 2.32. The number of nitrogens with one attached hydrogen (secondary N) is 1. The summed E-state index contributed by atoms with van der Waals surface area (Å²) in [7, 11) is 1.27. The zero-order chi connectivity index (χ0) is 23.7. The van der Waals surface area contributed by atoms with Crippen molar-refractivity contribution in [2.75, 3.05) is 7.11 Å². The van der Waals surface area contributed by atoms with Gasteiger partial charge in [-0.1, -0.05) is 30.3 Å². The van der Waals surface area contributed by atoms with Gasteiger partial charge in [0.15, 0.2) is 0 Å². The first-order valence-electron chi connectivity index (χ1n) is 10.6. The first-order chi connectivity index (χ1) is 15.8. The summed E-state index contributed by atoms with van der Waals surface area (Å²) in [5.74, 6) is -1.02. The Kier molecular flexibility index (Phi) is 6.05. The van der Waals surface area contributed by atoms with Crippen LogP contribution in [-0.4, -0.2) is 25.0 Å². The first kappa shape index (κ1) is 22.3. The van der Waals surface area contributed by atoms with E-state index in [1.165, 1.54) is 7.11 Å². The summed E-state index contributed by atoms with van der Waals surface area (Å²) in [5.41, 5.74) is 4.04. The molecule has 1 atom stereocenters. The highest BCUT2D eigenvalue weighted by molar-refractivity contribution is 6.00. The molecule has 0 aliphatic carbocycles. The molecule has 1 amide bonds. The van der Waals surface area contributed by atoms with Gasteiger partial charge in [0.1, 0.15) is 17.2 Å². The van der Waals surface area contributed by atoms with E-state index < -0.39 is 23.5 Å². The fourth-order valence-corrected chi connectivity index (χ4v) is 4.11. The molecule has 0 radical (unpaired) electrons. The zero-order valence-corrected chi connectivity index (χ0v) is 19.0. The Morgan fingerprint density at radius 3 is 2.45 bits per heavy atom. The van der Waals surface area contributed by atoms with Gasteiger partial charge >= 0.3 is 11.6 Å². The molecule has 0 saturated carbocycles. The van der Waals surface area contributed by atoms with Crippen LogP contribution in [0.25, 0.3) is 21.9 Å². The van der Waals surface area contributed by atoms with Crippen LogP contribution in [-0.2, 0) is 27.2 Å². The number of benzene rings is 2. The Hall–Kier alpha value is -3.87. The number of aryl methyl sites for hydroxylation is 3. The molecule has 1 N–H and O–H groups in total. The standard InChI is InChI=1S/C26H25NO6/c1-14-13-32-23-16(3)24-19(11-18(14)23)15(2)20(25(29)33-24)12-22(28)27-21(26(30)31-4)10-17-8-6-5-7-9-17/h5-9,11,13,21H,10,12H2,1-4H3,(H,27,28)/t21-/m0/s1. The van der Waals surface area contributed by atoms with E-state index in [9.17, 15) is 14.4 Å². The molecule has 2 aromatic carbocycles. The molecule has 7 heteroatoms. The van der Waals surface area contributed by atoms with E-state index in [2.05, 4.69) is 5.32 Å². The lowest BCUT2D eigenvalue weighted by atomic mass is 9.99. The largest absolute Gasteiger partial charge is 0.467 e. The van der Waals surface area contributed by atoms with E-state index in [4.69, 9.17) is 13.6 Å². The molecule has 0 bridgehead atoms. The van der Waals surface area contributed by atoms with E-state index >= 15 is 0 Å². The summed E-state index contributed by atoms with van der Waals surface area (Å²) < 4.78 is 16.1. The van der Waals surface area contributed by atoms with Gasteiger partial charge in [0.05, 0.1) is 25.4 Å². The van der Waals surface area contributed by atoms with Crippen LogP contribution in [0.5, 0.6) is 0 Å². The maximum absolute atomic E-state index is 12.9. The lowest BCUT2D eigenvalue weighted by molar-refractivity contribution is -0.145. The Morgan fingerprint density at radius 1 is 1.03 bits per heavy atom. The summed E-state index contributed by atoms with van der Waals surface area (Å²) in [5, 5.41) is 4.39. The lowest BCUT2D eigenvalue weighted by Gasteiger charge is -2.17. The summed E-state index contributed by atoms with van der Waals surface area (Å²) >= 11 is 0. The number of hydrogen-bond acceptors (Lipinski definition) is 6. The fourth-order valence-electron chi connectivity index (χ4n) is 4.11. The molecule has 0 aliphatic heterocycles. The van der Waals surface area contributed by atoms with Crippen LogP contribution in [0.3, 0.4) is 0 Å². The third-order valence-electron chi connectivity index (χ3n) is 5.98. The predicted molar refractivity (Wildman–Crippen MR) is 124 cm³/mol. The van der Waals surface area contributed by atoms with Crippen molar-refractivity contribution in [2.45, 2.75) is 39.7 Å². The van der Waals surface area contributed by atoms with Crippen LogP contribution < -0.4 is 10.9 Å². The van der Waals surface area contributed by atoms with Crippen molar-refractivity contribution < 1.29 is 23.2 Å². The number of furan rings is 1. The molecule has 0 saturated heterocycles. The monoisotopic (exact) mass is 447 g/mol. The van der Waals surface area contributed by atoms with Crippen molar-refractivity contribution in [3.63, 3.8) is 0 Å². The lowest BCUT2D eigenvalue weighted by Crippen LogP contribution is -2.44. The third kappa shape index (κ3) is 4.26. The normalized spacial score (nSPS) is 12.1. The molecule has 2 heterocycles. The maximum atomic E-state index is 12.9. The number of amides is 1. The summed E-state index contributed by atoms with van der Waals surface area (Å²) in [6.45, 7) is 5.58. The van der Waals surface area contributed by atoms with Gasteiger partial charge in [0.25, 0.3) is 0 Å². The first-order valence-corrected chi connectivity index (χ1v) is 10.6. The molecule has 0 fully saturated rings. The van der Waals surface area contributed by atoms with Gasteiger partial charge in [0, 0.05) is 22.8 Å². The average Bonchev–Trinajstić information content (AvgIpc) is 3.18. The molecule has 170 valence electrons. The highest BCUT2D eigenvalue weighted by atomic mass is 16.5. The van der Waals surface area contributed by atoms with Crippen LogP contribution in [0.1, 0.15) is 27.8 Å². The minimum absolute atomic E-state index is 0.214. The summed E-state index contributed by atoms with van der Waals surface area (Å²) in [4.78, 5) is 37.9. The molecular formula is C26H25NO6. The van der Waals surface area contributed by atoms with Gasteiger partial charge in [-0.05, 0) is 43.5 Å². The van der Waals surface area contributed by atoms with Gasteiger partial charge in [-0.15, -0.1) is 0 Å². The van der Waals surface area contributed by atoms with Gasteiger partial charge in [-0.2, -0.15) is 0 Å². The van der Waals surface area contributed by atoms with E-state index in [0.717, 1.165) is 27.5 Å². The number of ether oxygens (including phenoxy) is 1. The van der Waals surface area contributed by atoms with Crippen LogP contribution in [0.2, 0.25) is 0 Å². The Bertz CT molecular complexity index is 1410. The number of methoxy groups -OCH3 is 1. The van der Waals surface area contributed by atoms with E-state index in [1.807, 2.05) is 50.2 Å². The average molecular weight is 447 g/mol. The number of rotatable bonds is 6. The number of carbonyl (C=O) groups is 2. The number of fused-ring (bicyclic) bond motifs is 2. The summed E-state index contributed by atoms with van der Waals surface area (Å²) in [6, 6.07) is 10.4. The van der Waals surface area contributed by atoms with Crippen molar-refractivity contribution in [3.05, 3.63) is 80.9 Å². The second kappa shape index (κ2) is 8.94. The number of carbonyl (C=O) groups excluding carboxylic acids is 2. The molecule has 4 rings (SSSR count). The fraction of sp³-hybridized carbons (Fsp3) is 0.269. The van der Waals surface area contributed by atoms with Gasteiger partial charge in [0.2, 0.25) is 5.91 Å². The van der Waals surface area contributed by atoms with E-state index in [-0.39, 0.29) is 18.4 Å². The zero-order valence-electron chi connectivity index (χ0n) is 19.0. The van der Waals surface area contributed by atoms with Crippen molar-refractivity contribution in [3.8, 4) is 0 Å². The molecule has 33 heavy (non-hydrogen) atoms. The van der Waals surface area contributed by atoms with Crippen molar-refractivity contribution >= 4 is 33.8 Å². The smallest absolute Gasteiger partial charge is 0.340 e. The van der Waals surface area contributed by atoms with Crippen molar-refractivity contribution in [1.82, 2.24) is 5.32 Å². The maximum Gasteiger partial charge on any atom is 0.340 e. The highest BCUT2D eigenvalue weighted by Gasteiger charge is 2.24. The van der Waals surface area contributed by atoms with Gasteiger partial charge in [-0.3, -0.25) is 4.79 Å². The van der Waals surface area contributed by atoms with Gasteiger partial charge in [-0.25, -0.2) is 9.59 Å². The molecule has 4 aromatic rings. The Labute approximate surface area is 190 Å². The molecule has 0 spiro atoms. The molecular weight excluding hydrogens is 422 g/mol. The van der Waals surface area contributed by atoms with Crippen LogP contribution in [0, 0.1) is 20.8 Å². The Morgan fingerprint density at radius 2 is 1.76 bits per heavy atom.